The molecule has 2 aliphatic rings. The molecule has 0 atom stereocenters. The zero-order valence-corrected chi connectivity index (χ0v) is 23.1. The first kappa shape index (κ1) is 20.9. The number of aromatic nitrogens is 1. The molecule has 172 valence electrons. The van der Waals surface area contributed by atoms with Crippen molar-refractivity contribution in [3.63, 3.8) is 0 Å². The van der Waals surface area contributed by atoms with Crippen LogP contribution in [0.3, 0.4) is 0 Å². The molecule has 0 unspecified atom stereocenters. The average molecular weight is 565 g/mol. The van der Waals surface area contributed by atoms with E-state index in [1.807, 2.05) is 18.2 Å². The van der Waals surface area contributed by atoms with Gasteiger partial charge >= 0.3 is 189 Å². The zero-order chi connectivity index (χ0) is 24.3. The second kappa shape index (κ2) is 6.93. The van der Waals surface area contributed by atoms with Gasteiger partial charge in [-0.25, -0.2) is 0 Å². The molecule has 0 radical (unpaired) electrons. The number of benzene rings is 3. The molecule has 1 aliphatic heterocycles. The maximum atomic E-state index is 13.4. The molecule has 3 aromatic heterocycles. The summed E-state index contributed by atoms with van der Waals surface area (Å²) in [5, 5.41) is 7.67. The number of hydrogen-bond donors (Lipinski definition) is 0. The van der Waals surface area contributed by atoms with Crippen LogP contribution in [-0.2, 0) is 0 Å². The van der Waals surface area contributed by atoms with Crippen LogP contribution in [0, 0.1) is 0 Å². The van der Waals surface area contributed by atoms with Crippen LogP contribution in [0.5, 0.6) is 0 Å². The van der Waals surface area contributed by atoms with Gasteiger partial charge in [-0.15, -0.1) is 0 Å². The number of para-hydroxylation sites is 2. The summed E-state index contributed by atoms with van der Waals surface area (Å²) >= 11 is 1.93. The molecular formula is C30H19NO2SSeSi. The van der Waals surface area contributed by atoms with Gasteiger partial charge in [0.15, 0.2) is 0 Å². The van der Waals surface area contributed by atoms with Gasteiger partial charge in [-0.1, -0.05) is 30.3 Å². The van der Waals surface area contributed by atoms with E-state index in [1.54, 1.807) is 11.3 Å². The van der Waals surface area contributed by atoms with Crippen molar-refractivity contribution in [2.24, 2.45) is 0 Å². The number of hydrogen-bond acceptors (Lipinski definition) is 3. The summed E-state index contributed by atoms with van der Waals surface area (Å²) in [4.78, 5) is 29.8. The van der Waals surface area contributed by atoms with E-state index in [9.17, 15) is 9.59 Å². The summed E-state index contributed by atoms with van der Waals surface area (Å²) in [6, 6.07) is 23.5. The molecule has 0 N–H and O–H groups in total. The fourth-order valence-electron chi connectivity index (χ4n) is 6.02. The van der Waals surface area contributed by atoms with E-state index in [1.165, 1.54) is 41.4 Å². The molecule has 3 nitrogen and oxygen atoms in total. The van der Waals surface area contributed by atoms with Crippen LogP contribution in [0.25, 0.3) is 42.5 Å². The van der Waals surface area contributed by atoms with Gasteiger partial charge in [0.1, 0.15) is 0 Å². The Labute approximate surface area is 218 Å². The number of carbonyl (C=O) groups is 2. The fraction of sp³-hybridized carbons (Fsp3) is 0.0667. The first-order valence-corrected chi connectivity index (χ1v) is 17.6. The summed E-state index contributed by atoms with van der Waals surface area (Å²) in [6.07, 6.45) is 1.85. The van der Waals surface area contributed by atoms with Crippen LogP contribution >= 0.6 is 11.3 Å². The Morgan fingerprint density at radius 2 is 1.64 bits per heavy atom. The SMILES string of the molecule is C[Si]1(C)c2cc(/C=C3/C(=O)c4cc5cc[se]c5cc4C3=O)sc2-n2c3ccccc3c3cccc1c32. The van der Waals surface area contributed by atoms with E-state index in [-0.39, 0.29) is 26.1 Å². The van der Waals surface area contributed by atoms with Gasteiger partial charge in [-0.2, -0.15) is 0 Å². The number of ketones is 2. The summed E-state index contributed by atoms with van der Waals surface area (Å²) < 4.78 is 3.59. The van der Waals surface area contributed by atoms with Crippen LogP contribution in [0.2, 0.25) is 13.1 Å². The van der Waals surface area contributed by atoms with E-state index in [2.05, 4.69) is 77.2 Å². The van der Waals surface area contributed by atoms with Crippen molar-refractivity contribution in [2.45, 2.75) is 13.1 Å². The minimum atomic E-state index is -1.98. The van der Waals surface area contributed by atoms with Crippen molar-refractivity contribution in [1.82, 2.24) is 4.57 Å². The van der Waals surface area contributed by atoms with Crippen molar-refractivity contribution >= 4 is 93.4 Å². The van der Waals surface area contributed by atoms with Gasteiger partial charge in [0.25, 0.3) is 0 Å². The first-order chi connectivity index (χ1) is 17.4. The van der Waals surface area contributed by atoms with Gasteiger partial charge in [0.2, 0.25) is 0 Å². The molecular weight excluding hydrogens is 545 g/mol. The molecule has 6 heteroatoms. The van der Waals surface area contributed by atoms with E-state index in [0.717, 1.165) is 10.3 Å². The van der Waals surface area contributed by atoms with Crippen LogP contribution in [0.15, 0.2) is 77.2 Å². The number of rotatable bonds is 1. The van der Waals surface area contributed by atoms with Crippen molar-refractivity contribution in [3.8, 4) is 5.00 Å². The normalized spacial score (nSPS) is 17.0. The quantitative estimate of drug-likeness (QED) is 0.147. The number of carbonyl (C=O) groups excluding carboxylic acids is 2. The summed E-state index contributed by atoms with van der Waals surface area (Å²) in [5.41, 5.74) is 3.93. The predicted molar refractivity (Wildman–Crippen MR) is 153 cm³/mol. The summed E-state index contributed by atoms with van der Waals surface area (Å²) in [7, 11) is -1.98. The Bertz CT molecular complexity index is 1970. The maximum absolute atomic E-state index is 13.4. The molecule has 6 aromatic rings. The molecule has 0 saturated carbocycles. The van der Waals surface area contributed by atoms with Gasteiger partial charge < -0.3 is 0 Å². The molecule has 8 rings (SSSR count). The molecule has 1 aliphatic carbocycles. The van der Waals surface area contributed by atoms with E-state index >= 15 is 0 Å². The molecule has 0 spiro atoms. The molecule has 36 heavy (non-hydrogen) atoms. The number of nitrogens with zero attached hydrogens (tertiary/aromatic N) is 1. The number of thiophene rings is 1. The fourth-order valence-corrected chi connectivity index (χ4v) is 12.6. The number of fused-ring (bicyclic) bond motifs is 7. The second-order valence-corrected chi connectivity index (χ2v) is 17.5. The minimum absolute atomic E-state index is 0.138. The Kier molecular flexibility index (Phi) is 4.02. The molecule has 0 saturated heterocycles. The van der Waals surface area contributed by atoms with Crippen molar-refractivity contribution in [3.05, 3.63) is 93.2 Å². The van der Waals surface area contributed by atoms with E-state index < -0.39 is 8.07 Å². The molecule has 0 fully saturated rings. The van der Waals surface area contributed by atoms with Crippen LogP contribution in [-0.4, -0.2) is 38.7 Å². The van der Waals surface area contributed by atoms with Gasteiger partial charge in [-0.05, 0) is 0 Å². The van der Waals surface area contributed by atoms with E-state index in [0.29, 0.717) is 16.7 Å². The van der Waals surface area contributed by atoms with Gasteiger partial charge in [0.05, 0.1) is 0 Å². The molecule has 4 heterocycles. The van der Waals surface area contributed by atoms with Crippen LogP contribution in [0.1, 0.15) is 25.6 Å². The number of Topliss-reactive ketones (excluding diaryl/α,β-unsaturated/α-hetero) is 2. The third-order valence-electron chi connectivity index (χ3n) is 7.83. The van der Waals surface area contributed by atoms with Crippen molar-refractivity contribution < 1.29 is 9.59 Å². The molecule has 3 aromatic carbocycles. The molecule has 0 amide bonds. The average Bonchev–Trinajstić information content (AvgIpc) is 3.63. The monoisotopic (exact) mass is 565 g/mol. The molecule has 0 bridgehead atoms. The van der Waals surface area contributed by atoms with E-state index in [4.69, 9.17) is 0 Å². The number of allylic oxidation sites excluding steroid dienone is 1. The van der Waals surface area contributed by atoms with Crippen LogP contribution < -0.4 is 10.4 Å². The topological polar surface area (TPSA) is 39.1 Å². The van der Waals surface area contributed by atoms with Crippen molar-refractivity contribution in [1.29, 1.82) is 0 Å². The predicted octanol–water partition coefficient (Wildman–Crippen LogP) is 5.65. The Hall–Kier alpha value is -3.28. The Morgan fingerprint density at radius 1 is 0.861 bits per heavy atom. The third-order valence-corrected chi connectivity index (χ3v) is 14.4. The third kappa shape index (κ3) is 2.52. The van der Waals surface area contributed by atoms with Crippen LogP contribution in [0.4, 0.5) is 0 Å². The first-order valence-electron chi connectivity index (χ1n) is 11.9. The van der Waals surface area contributed by atoms with Gasteiger partial charge in [0, 0.05) is 0 Å². The zero-order valence-electron chi connectivity index (χ0n) is 19.6. The standard InChI is InChI=1S/C30H19NO2SSeSi/c1-36(2)25-9-5-7-19-18-6-3-4-8-23(18)31(27(19)25)30-26(36)14-17(34-30)13-22-28(32)20-12-16-10-11-35-24(16)15-21(20)29(22)33/h3-15H,1-2H3/b22-13-. The van der Waals surface area contributed by atoms with Gasteiger partial charge in [-0.3, -0.25) is 0 Å². The van der Waals surface area contributed by atoms with Crippen molar-refractivity contribution in [2.75, 3.05) is 0 Å². The Morgan fingerprint density at radius 3 is 2.50 bits per heavy atom. The summed E-state index contributed by atoms with van der Waals surface area (Å²) in [6.45, 7) is 4.81. The Balaban J connectivity index is 1.35. The summed E-state index contributed by atoms with van der Waals surface area (Å²) in [5.74, 6) is -0.286. The second-order valence-electron chi connectivity index (χ2n) is 10.1.